The van der Waals surface area contributed by atoms with E-state index in [1.54, 1.807) is 0 Å². The largest absolute Gasteiger partial charge is 0.379 e. The van der Waals surface area contributed by atoms with Crippen molar-refractivity contribution >= 4 is 5.96 Å². The molecule has 138 valence electrons. The van der Waals surface area contributed by atoms with Crippen molar-refractivity contribution in [1.82, 2.24) is 15.5 Å². The minimum absolute atomic E-state index is 0.117. The molecule has 24 heavy (non-hydrogen) atoms. The van der Waals surface area contributed by atoms with Gasteiger partial charge >= 0.3 is 0 Å². The van der Waals surface area contributed by atoms with E-state index in [0.717, 1.165) is 63.1 Å². The summed E-state index contributed by atoms with van der Waals surface area (Å²) < 4.78 is 5.47. The summed E-state index contributed by atoms with van der Waals surface area (Å²) in [5, 5.41) is 7.05. The van der Waals surface area contributed by atoms with Crippen LogP contribution in [0.25, 0.3) is 0 Å². The molecule has 3 fully saturated rings. The van der Waals surface area contributed by atoms with Gasteiger partial charge in [-0.05, 0) is 57.3 Å². The molecule has 2 aliphatic carbocycles. The summed E-state index contributed by atoms with van der Waals surface area (Å²) >= 11 is 0. The Balaban J connectivity index is 1.37. The number of hydrogen-bond donors (Lipinski definition) is 2. The van der Waals surface area contributed by atoms with Gasteiger partial charge in [0.1, 0.15) is 0 Å². The van der Waals surface area contributed by atoms with Gasteiger partial charge in [0, 0.05) is 38.8 Å². The molecule has 3 atom stereocenters. The molecule has 0 amide bonds. The van der Waals surface area contributed by atoms with Crippen molar-refractivity contribution < 1.29 is 4.74 Å². The number of ether oxygens (including phenoxy) is 1. The lowest BCUT2D eigenvalue weighted by molar-refractivity contribution is -0.00834. The van der Waals surface area contributed by atoms with Gasteiger partial charge in [-0.25, -0.2) is 0 Å². The summed E-state index contributed by atoms with van der Waals surface area (Å²) in [5.74, 6) is 3.97. The Labute approximate surface area is 147 Å². The predicted molar refractivity (Wildman–Crippen MR) is 99.4 cm³/mol. The molecule has 3 rings (SSSR count). The zero-order chi connectivity index (χ0) is 17.0. The molecule has 1 saturated heterocycles. The number of morpholine rings is 1. The van der Waals surface area contributed by atoms with E-state index in [0.29, 0.717) is 0 Å². The molecule has 1 aliphatic heterocycles. The molecular weight excluding hydrogens is 300 g/mol. The third-order valence-electron chi connectivity index (χ3n) is 6.47. The normalized spacial score (nSPS) is 31.5. The SMILES string of the molecule is CN=C(NCCC1CC2CCC1C2)NCC(C)(C)N1CCOCC1. The van der Waals surface area contributed by atoms with Crippen molar-refractivity contribution in [3.8, 4) is 0 Å². The fourth-order valence-corrected chi connectivity index (χ4v) is 4.91. The topological polar surface area (TPSA) is 48.9 Å². The fourth-order valence-electron chi connectivity index (χ4n) is 4.91. The Bertz CT molecular complexity index is 431. The summed E-state index contributed by atoms with van der Waals surface area (Å²) in [4.78, 5) is 6.91. The van der Waals surface area contributed by atoms with Gasteiger partial charge < -0.3 is 15.4 Å². The first-order valence-corrected chi connectivity index (χ1v) is 9.86. The van der Waals surface area contributed by atoms with E-state index >= 15 is 0 Å². The van der Waals surface area contributed by atoms with Crippen LogP contribution in [0.5, 0.6) is 0 Å². The molecule has 5 heteroatoms. The van der Waals surface area contributed by atoms with E-state index in [9.17, 15) is 0 Å². The third kappa shape index (κ3) is 4.42. The first-order chi connectivity index (χ1) is 11.6. The second-order valence-electron chi connectivity index (χ2n) is 8.49. The highest BCUT2D eigenvalue weighted by atomic mass is 16.5. The number of nitrogens with zero attached hydrogens (tertiary/aromatic N) is 2. The first kappa shape index (κ1) is 18.0. The standard InChI is InChI=1S/C19H36N4O/c1-19(2,23-8-10-24-11-9-23)14-22-18(20-3)21-7-6-17-13-15-4-5-16(17)12-15/h15-17H,4-14H2,1-3H3,(H2,20,21,22). The van der Waals surface area contributed by atoms with Crippen molar-refractivity contribution in [2.45, 2.75) is 51.5 Å². The average Bonchev–Trinajstić information content (AvgIpc) is 3.21. The molecule has 2 bridgehead atoms. The van der Waals surface area contributed by atoms with E-state index < -0.39 is 0 Å². The number of hydrogen-bond acceptors (Lipinski definition) is 3. The number of aliphatic imine (C=N–C) groups is 1. The number of nitrogens with one attached hydrogen (secondary N) is 2. The highest BCUT2D eigenvalue weighted by Crippen LogP contribution is 2.49. The Morgan fingerprint density at radius 3 is 2.58 bits per heavy atom. The Morgan fingerprint density at radius 2 is 1.96 bits per heavy atom. The van der Waals surface area contributed by atoms with Crippen LogP contribution in [0.2, 0.25) is 0 Å². The molecule has 2 saturated carbocycles. The molecule has 3 unspecified atom stereocenters. The molecule has 0 aromatic rings. The third-order valence-corrected chi connectivity index (χ3v) is 6.47. The van der Waals surface area contributed by atoms with Crippen molar-refractivity contribution in [1.29, 1.82) is 0 Å². The van der Waals surface area contributed by atoms with Gasteiger partial charge in [0.05, 0.1) is 13.2 Å². The van der Waals surface area contributed by atoms with Gasteiger partial charge in [-0.3, -0.25) is 9.89 Å². The maximum absolute atomic E-state index is 5.47. The molecule has 2 N–H and O–H groups in total. The molecule has 3 aliphatic rings. The van der Waals surface area contributed by atoms with Gasteiger partial charge in [0.2, 0.25) is 0 Å². The lowest BCUT2D eigenvalue weighted by Gasteiger charge is -2.41. The maximum Gasteiger partial charge on any atom is 0.191 e. The number of rotatable bonds is 6. The number of fused-ring (bicyclic) bond motifs is 2. The molecule has 0 spiro atoms. The summed E-state index contributed by atoms with van der Waals surface area (Å²) in [6, 6.07) is 0. The lowest BCUT2D eigenvalue weighted by Crippen LogP contribution is -2.56. The van der Waals surface area contributed by atoms with E-state index in [-0.39, 0.29) is 5.54 Å². The lowest BCUT2D eigenvalue weighted by atomic mass is 9.86. The van der Waals surface area contributed by atoms with E-state index in [2.05, 4.69) is 34.4 Å². The summed E-state index contributed by atoms with van der Waals surface area (Å²) in [6.07, 6.45) is 7.26. The summed E-state index contributed by atoms with van der Waals surface area (Å²) in [5.41, 5.74) is 0.117. The Kier molecular flexibility index (Phi) is 6.03. The smallest absolute Gasteiger partial charge is 0.191 e. The van der Waals surface area contributed by atoms with Gasteiger partial charge in [0.15, 0.2) is 5.96 Å². The van der Waals surface area contributed by atoms with Crippen molar-refractivity contribution in [2.24, 2.45) is 22.7 Å². The van der Waals surface area contributed by atoms with Crippen LogP contribution >= 0.6 is 0 Å². The minimum Gasteiger partial charge on any atom is -0.379 e. The monoisotopic (exact) mass is 336 g/mol. The van der Waals surface area contributed by atoms with Crippen LogP contribution in [-0.4, -0.2) is 62.8 Å². The van der Waals surface area contributed by atoms with Crippen molar-refractivity contribution in [2.75, 3.05) is 46.4 Å². The molecule has 0 aromatic carbocycles. The van der Waals surface area contributed by atoms with Crippen LogP contribution in [0.4, 0.5) is 0 Å². The van der Waals surface area contributed by atoms with E-state index in [4.69, 9.17) is 4.74 Å². The summed E-state index contributed by atoms with van der Waals surface area (Å²) in [6.45, 7) is 10.3. The average molecular weight is 337 g/mol. The minimum atomic E-state index is 0.117. The van der Waals surface area contributed by atoms with Crippen LogP contribution in [0.15, 0.2) is 4.99 Å². The van der Waals surface area contributed by atoms with Crippen LogP contribution < -0.4 is 10.6 Å². The van der Waals surface area contributed by atoms with Crippen molar-refractivity contribution in [3.63, 3.8) is 0 Å². The molecular formula is C19H36N4O. The molecule has 5 nitrogen and oxygen atoms in total. The molecule has 1 heterocycles. The second-order valence-corrected chi connectivity index (χ2v) is 8.49. The molecule has 0 radical (unpaired) electrons. The van der Waals surface area contributed by atoms with Crippen LogP contribution in [0.3, 0.4) is 0 Å². The Hall–Kier alpha value is -0.810. The summed E-state index contributed by atoms with van der Waals surface area (Å²) in [7, 11) is 1.87. The maximum atomic E-state index is 5.47. The first-order valence-electron chi connectivity index (χ1n) is 9.86. The zero-order valence-electron chi connectivity index (χ0n) is 15.8. The van der Waals surface area contributed by atoms with Crippen LogP contribution in [0.1, 0.15) is 46.0 Å². The van der Waals surface area contributed by atoms with Gasteiger partial charge in [-0.2, -0.15) is 0 Å². The van der Waals surface area contributed by atoms with Gasteiger partial charge in [-0.1, -0.05) is 6.42 Å². The van der Waals surface area contributed by atoms with Crippen LogP contribution in [-0.2, 0) is 4.74 Å². The highest BCUT2D eigenvalue weighted by molar-refractivity contribution is 5.79. The van der Waals surface area contributed by atoms with E-state index in [1.165, 1.54) is 32.1 Å². The van der Waals surface area contributed by atoms with Crippen LogP contribution in [0, 0.1) is 17.8 Å². The van der Waals surface area contributed by atoms with E-state index in [1.807, 2.05) is 7.05 Å². The van der Waals surface area contributed by atoms with Gasteiger partial charge in [0.25, 0.3) is 0 Å². The number of guanidine groups is 1. The highest BCUT2D eigenvalue weighted by Gasteiger charge is 2.38. The van der Waals surface area contributed by atoms with Gasteiger partial charge in [-0.15, -0.1) is 0 Å². The zero-order valence-corrected chi connectivity index (χ0v) is 15.8. The molecule has 0 aromatic heterocycles. The second kappa shape index (κ2) is 8.05. The Morgan fingerprint density at radius 1 is 1.17 bits per heavy atom. The fraction of sp³-hybridized carbons (Fsp3) is 0.947. The predicted octanol–water partition coefficient (Wildman–Crippen LogP) is 2.09. The quantitative estimate of drug-likeness (QED) is 0.576. The van der Waals surface area contributed by atoms with Crippen molar-refractivity contribution in [3.05, 3.63) is 0 Å².